The predicted octanol–water partition coefficient (Wildman–Crippen LogP) is 2.74. The van der Waals surface area contributed by atoms with Crippen molar-refractivity contribution in [3.8, 4) is 0 Å². The van der Waals surface area contributed by atoms with E-state index in [1.54, 1.807) is 71.9 Å². The molecule has 2 saturated carbocycles. The van der Waals surface area contributed by atoms with Crippen molar-refractivity contribution < 1.29 is 77.5 Å². The number of carbonyl (C=O) groups is 6. The largest absolute Gasteiger partial charge is 0.481 e. The summed E-state index contributed by atoms with van der Waals surface area (Å²) in [6, 6.07) is 6.75. The zero-order chi connectivity index (χ0) is 42.7. The molecule has 0 radical (unpaired) electrons. The van der Waals surface area contributed by atoms with Crippen molar-refractivity contribution in [2.24, 2.45) is 16.7 Å². The van der Waals surface area contributed by atoms with Crippen LogP contribution in [0.2, 0.25) is 0 Å². The lowest BCUT2D eigenvalue weighted by atomic mass is 9.44. The van der Waals surface area contributed by atoms with Crippen molar-refractivity contribution >= 4 is 47.5 Å². The molecule has 5 aliphatic rings. The number of carboxylic acids is 1. The fraction of sp³-hybridized carbons (Fsp3) is 0.650. The Morgan fingerprint density at radius 1 is 1.05 bits per heavy atom. The van der Waals surface area contributed by atoms with Crippen LogP contribution >= 0.6 is 11.8 Å². The molecule has 3 aliphatic carbocycles. The van der Waals surface area contributed by atoms with Crippen LogP contribution in [0.15, 0.2) is 41.5 Å². The molecule has 0 aromatic heterocycles. The van der Waals surface area contributed by atoms with Gasteiger partial charge in [0.1, 0.15) is 41.7 Å². The van der Waals surface area contributed by atoms with Crippen LogP contribution in [-0.4, -0.2) is 123 Å². The highest BCUT2D eigenvalue weighted by Gasteiger charge is 2.81. The number of benzene rings is 1. The molecular weight excluding hydrogens is 782 g/mol. The van der Waals surface area contributed by atoms with Crippen molar-refractivity contribution in [2.75, 3.05) is 18.1 Å². The van der Waals surface area contributed by atoms with Crippen LogP contribution in [0, 0.1) is 16.7 Å². The molecule has 18 heteroatoms. The first kappa shape index (κ1) is 43.5. The maximum Gasteiger partial charge on any atom is 0.408 e. The summed E-state index contributed by atoms with van der Waals surface area (Å²) in [4.78, 5) is 91.6. The summed E-state index contributed by atoms with van der Waals surface area (Å²) >= 11 is 0.735. The molecular formula is C40H51NO16S. The Bertz CT molecular complexity index is 1880. The summed E-state index contributed by atoms with van der Waals surface area (Å²) < 4.78 is 29.2. The molecule has 1 spiro atoms. The average molecular weight is 834 g/mol. The lowest BCUT2D eigenvalue weighted by Crippen LogP contribution is -2.84. The summed E-state index contributed by atoms with van der Waals surface area (Å²) in [7, 11) is 0. The van der Waals surface area contributed by atoms with Crippen LogP contribution in [0.1, 0.15) is 79.8 Å². The second-order valence-electron chi connectivity index (χ2n) is 17.3. The normalized spacial score (nSPS) is 34.4. The monoisotopic (exact) mass is 833 g/mol. The van der Waals surface area contributed by atoms with E-state index in [0.717, 1.165) is 11.8 Å². The maximum atomic E-state index is 14.7. The van der Waals surface area contributed by atoms with Gasteiger partial charge in [-0.3, -0.25) is 19.2 Å². The number of ketones is 1. The van der Waals surface area contributed by atoms with E-state index in [-0.39, 0.29) is 30.6 Å². The van der Waals surface area contributed by atoms with Gasteiger partial charge in [0, 0.05) is 25.2 Å². The first-order chi connectivity index (χ1) is 27.0. The molecule has 6 rings (SSSR count). The third-order valence-electron chi connectivity index (χ3n) is 12.3. The van der Waals surface area contributed by atoms with Crippen molar-refractivity contribution in [3.05, 3.63) is 47.0 Å². The molecule has 1 aromatic carbocycles. The highest BCUT2D eigenvalue weighted by atomic mass is 32.2. The smallest absolute Gasteiger partial charge is 0.408 e. The number of rotatable bonds is 11. The average Bonchev–Trinajstić information content (AvgIpc) is 3.10. The van der Waals surface area contributed by atoms with Gasteiger partial charge in [0.25, 0.3) is 0 Å². The molecule has 2 heterocycles. The van der Waals surface area contributed by atoms with Gasteiger partial charge in [-0.05, 0) is 51.3 Å². The van der Waals surface area contributed by atoms with E-state index in [4.69, 9.17) is 38.6 Å². The van der Waals surface area contributed by atoms with E-state index >= 15 is 0 Å². The van der Waals surface area contributed by atoms with Crippen molar-refractivity contribution in [1.29, 1.82) is 0 Å². The molecule has 0 unspecified atom stereocenters. The molecule has 4 N–H and O–H groups in total. The fourth-order valence-corrected chi connectivity index (χ4v) is 10.0. The van der Waals surface area contributed by atoms with E-state index < -0.39 is 123 Å². The van der Waals surface area contributed by atoms with Gasteiger partial charge < -0.3 is 44.3 Å². The van der Waals surface area contributed by atoms with Crippen molar-refractivity contribution in [1.82, 2.24) is 5.32 Å². The first-order valence-electron chi connectivity index (χ1n) is 19.0. The van der Waals surface area contributed by atoms with Gasteiger partial charge in [0.15, 0.2) is 11.4 Å². The van der Waals surface area contributed by atoms with Gasteiger partial charge in [0.05, 0.1) is 35.5 Å². The summed E-state index contributed by atoms with van der Waals surface area (Å²) in [5.41, 5.74) is -6.04. The van der Waals surface area contributed by atoms with Crippen LogP contribution in [0.5, 0.6) is 0 Å². The minimum absolute atomic E-state index is 0.0597. The third kappa shape index (κ3) is 7.29. The number of alkyl carbamates (subject to hydrolysis) is 1. The molecule has 58 heavy (non-hydrogen) atoms. The number of carbonyl (C=O) groups excluding carboxylic acids is 5. The number of nitrogens with one attached hydrogen (secondary N) is 1. The number of Topliss-reactive ketones (excluding diaryl/α,β-unsaturated/α-hetero) is 1. The second kappa shape index (κ2) is 15.5. The number of hydrogen-bond donors (Lipinski definition) is 4. The summed E-state index contributed by atoms with van der Waals surface area (Å²) in [5, 5.41) is 35.5. The van der Waals surface area contributed by atoms with Crippen LogP contribution in [-0.2, 0) is 57.4 Å². The summed E-state index contributed by atoms with van der Waals surface area (Å²) in [6.07, 6.45) is -9.37. The fourth-order valence-electron chi connectivity index (χ4n) is 9.53. The number of thioether (sulfide) groups is 1. The van der Waals surface area contributed by atoms with Gasteiger partial charge in [0.2, 0.25) is 6.10 Å². The Morgan fingerprint density at radius 2 is 1.72 bits per heavy atom. The minimum Gasteiger partial charge on any atom is -0.481 e. The van der Waals surface area contributed by atoms with Crippen molar-refractivity contribution in [2.45, 2.75) is 128 Å². The standard InChI is InChI=1S/C40H51NO16S/c1-19-22(52-34(49)30(53-26(46)17-58-16-25(44)45)28(21-12-10-9-11-13-21)41-35(50)55-36(3,4)5)15-40-33(56-57-40)31-38(8,32(48)29(47)27(19)37(40,6)7)23(43)14-24-39(31,18-51-24)54-20(2)42/h9-13,22-24,28-31,33,43,47H,14-18H2,1-8H3,(H,41,50)(H,44,45)/t22-,23-,24+,28-,29+,30+,31-,33-,38+,39-,40+/m0/s1. The lowest BCUT2D eigenvalue weighted by molar-refractivity contribution is -0.557. The Hall–Kier alpha value is -4.07. The zero-order valence-corrected chi connectivity index (χ0v) is 34.4. The highest BCUT2D eigenvalue weighted by molar-refractivity contribution is 8.00. The summed E-state index contributed by atoms with van der Waals surface area (Å²) in [5.74, 6) is -6.71. The molecule has 17 nitrogen and oxygen atoms in total. The molecule has 2 saturated heterocycles. The van der Waals surface area contributed by atoms with Gasteiger partial charge in [-0.1, -0.05) is 44.2 Å². The molecule has 11 atom stereocenters. The Balaban J connectivity index is 1.42. The first-order valence-corrected chi connectivity index (χ1v) is 20.2. The lowest BCUT2D eigenvalue weighted by Gasteiger charge is -2.70. The number of carboxylic acid groups (broad SMARTS) is 1. The minimum atomic E-state index is -1.87. The number of aliphatic hydroxyl groups is 2. The highest BCUT2D eigenvalue weighted by Crippen LogP contribution is 2.67. The number of fused-ring (bicyclic) bond motifs is 5. The van der Waals surface area contributed by atoms with E-state index in [0.29, 0.717) is 5.56 Å². The number of aliphatic hydroxyl groups excluding tert-OH is 2. The maximum absolute atomic E-state index is 14.7. The van der Waals surface area contributed by atoms with E-state index in [1.165, 1.54) is 13.8 Å². The van der Waals surface area contributed by atoms with E-state index in [2.05, 4.69) is 5.32 Å². The number of aliphatic carboxylic acids is 1. The van der Waals surface area contributed by atoms with Crippen molar-refractivity contribution in [3.63, 3.8) is 0 Å². The molecule has 2 bridgehead atoms. The summed E-state index contributed by atoms with van der Waals surface area (Å²) in [6.45, 7) is 12.6. The van der Waals surface area contributed by atoms with Gasteiger partial charge >= 0.3 is 30.0 Å². The van der Waals surface area contributed by atoms with Gasteiger partial charge in [-0.15, -0.1) is 11.8 Å². The molecule has 1 aromatic rings. The third-order valence-corrected chi connectivity index (χ3v) is 13.2. The quantitative estimate of drug-likeness (QED) is 0.108. The van der Waals surface area contributed by atoms with Gasteiger partial charge in [-0.25, -0.2) is 19.4 Å². The number of ether oxygens (including phenoxy) is 5. The number of hydrogen-bond acceptors (Lipinski definition) is 16. The Morgan fingerprint density at radius 3 is 2.28 bits per heavy atom. The topological polar surface area (TPSA) is 240 Å². The van der Waals surface area contributed by atoms with Crippen LogP contribution in [0.3, 0.4) is 0 Å². The molecule has 2 aliphatic heterocycles. The van der Waals surface area contributed by atoms with Crippen LogP contribution < -0.4 is 5.32 Å². The SMILES string of the molecule is CC(=O)O[C@@]12CO[C@@H]1C[C@H](O)[C@@]1(C)C(=O)[C@H](O)C3=C(C)[C@@H](OC(=O)[C@H](OC(=O)CSCC(=O)O)[C@@H](NC(=O)OC(C)(C)C)c4ccccc4)C[C@]4(OO[C@H]4[C@H]21)C3(C)C. The van der Waals surface area contributed by atoms with Crippen LogP contribution in [0.25, 0.3) is 0 Å². The molecule has 1 amide bonds. The zero-order valence-electron chi connectivity index (χ0n) is 33.6. The van der Waals surface area contributed by atoms with Crippen LogP contribution in [0.4, 0.5) is 4.79 Å². The number of esters is 3. The Kier molecular flexibility index (Phi) is 11.6. The van der Waals surface area contributed by atoms with E-state index in [1.807, 2.05) is 0 Å². The van der Waals surface area contributed by atoms with Gasteiger partial charge in [-0.2, -0.15) is 0 Å². The number of amides is 1. The predicted molar refractivity (Wildman–Crippen MR) is 201 cm³/mol. The second-order valence-corrected chi connectivity index (χ2v) is 18.3. The molecule has 318 valence electrons. The van der Waals surface area contributed by atoms with E-state index in [9.17, 15) is 39.0 Å². The molecule has 4 fully saturated rings. The Labute approximate surface area is 339 Å².